The van der Waals surface area contributed by atoms with Crippen LogP contribution in [0.1, 0.15) is 11.3 Å². The number of rotatable bonds is 6. The second kappa shape index (κ2) is 11.0. The molecular formula is C23H24N4O8. The molecule has 12 nitrogen and oxygen atoms in total. The molecule has 1 aliphatic rings. The number of aromatic nitrogens is 2. The Morgan fingerprint density at radius 2 is 1.66 bits per heavy atom. The van der Waals surface area contributed by atoms with Crippen LogP contribution < -0.4 is 25.7 Å². The Labute approximate surface area is 199 Å². The number of carboxylic acids is 2. The SMILES string of the molecule is Cc1c(NC(=O)CNCc2ccc3c(c2)OCO3)c(=O)n(-c2ccccc2)n1C.O=C(O)C(=O)O. The maximum absolute atomic E-state index is 12.8. The van der Waals surface area contributed by atoms with Crippen LogP contribution in [0.15, 0.2) is 53.3 Å². The minimum Gasteiger partial charge on any atom is -0.473 e. The van der Waals surface area contributed by atoms with Crippen LogP contribution in [0.3, 0.4) is 0 Å². The average molecular weight is 484 g/mol. The van der Waals surface area contributed by atoms with Crippen molar-refractivity contribution in [2.75, 3.05) is 18.7 Å². The number of ether oxygens (including phenoxy) is 2. The first kappa shape index (κ1) is 25.1. The third-order valence-corrected chi connectivity index (χ3v) is 5.05. The summed E-state index contributed by atoms with van der Waals surface area (Å²) in [6, 6.07) is 15.0. The topological polar surface area (TPSA) is 161 Å². The summed E-state index contributed by atoms with van der Waals surface area (Å²) in [5.41, 5.74) is 2.42. The fourth-order valence-corrected chi connectivity index (χ4v) is 3.27. The molecule has 35 heavy (non-hydrogen) atoms. The Balaban J connectivity index is 0.000000509. The molecule has 184 valence electrons. The smallest absolute Gasteiger partial charge is 0.414 e. The lowest BCUT2D eigenvalue weighted by Crippen LogP contribution is -2.30. The molecule has 2 heterocycles. The van der Waals surface area contributed by atoms with Crippen molar-refractivity contribution >= 4 is 23.5 Å². The lowest BCUT2D eigenvalue weighted by atomic mass is 10.2. The third-order valence-electron chi connectivity index (χ3n) is 5.05. The van der Waals surface area contributed by atoms with E-state index < -0.39 is 11.9 Å². The van der Waals surface area contributed by atoms with Crippen LogP contribution in [0.25, 0.3) is 5.69 Å². The Morgan fingerprint density at radius 3 is 2.31 bits per heavy atom. The second-order valence-corrected chi connectivity index (χ2v) is 7.39. The van der Waals surface area contributed by atoms with Crippen molar-refractivity contribution in [3.05, 3.63) is 70.1 Å². The molecule has 1 aromatic heterocycles. The van der Waals surface area contributed by atoms with E-state index in [2.05, 4.69) is 10.6 Å². The van der Waals surface area contributed by atoms with Crippen molar-refractivity contribution in [1.82, 2.24) is 14.7 Å². The van der Waals surface area contributed by atoms with Crippen molar-refractivity contribution in [1.29, 1.82) is 0 Å². The van der Waals surface area contributed by atoms with Gasteiger partial charge in [-0.05, 0) is 36.8 Å². The van der Waals surface area contributed by atoms with Gasteiger partial charge in [-0.15, -0.1) is 0 Å². The molecule has 1 amide bonds. The largest absolute Gasteiger partial charge is 0.473 e. The number of hydrogen-bond acceptors (Lipinski definition) is 7. The van der Waals surface area contributed by atoms with E-state index in [1.807, 2.05) is 48.5 Å². The fourth-order valence-electron chi connectivity index (χ4n) is 3.27. The number of amides is 1. The Hall–Kier alpha value is -4.58. The molecule has 0 bridgehead atoms. The summed E-state index contributed by atoms with van der Waals surface area (Å²) in [6.45, 7) is 2.60. The molecule has 1 aliphatic heterocycles. The standard InChI is InChI=1S/C21H22N4O4.C2H2O4/c1-14-20(21(27)25(24(14)2)16-6-4-3-5-7-16)23-19(26)12-22-11-15-8-9-17-18(10-15)29-13-28-17;3-1(4)2(5)6/h3-10,22H,11-13H2,1-2H3,(H,23,26);(H,3,4)(H,5,6). The molecule has 0 saturated heterocycles. The van der Waals surface area contributed by atoms with E-state index in [1.165, 1.54) is 4.68 Å². The highest BCUT2D eigenvalue weighted by molar-refractivity contribution is 6.27. The van der Waals surface area contributed by atoms with Gasteiger partial charge in [0.25, 0.3) is 5.56 Å². The number of nitrogens with one attached hydrogen (secondary N) is 2. The summed E-state index contributed by atoms with van der Waals surface area (Å²) in [7, 11) is 1.79. The molecule has 12 heteroatoms. The number of carbonyl (C=O) groups excluding carboxylic acids is 1. The van der Waals surface area contributed by atoms with Crippen LogP contribution in [0, 0.1) is 6.92 Å². The quantitative estimate of drug-likeness (QED) is 0.375. The lowest BCUT2D eigenvalue weighted by molar-refractivity contribution is -0.159. The summed E-state index contributed by atoms with van der Waals surface area (Å²) < 4.78 is 13.9. The second-order valence-electron chi connectivity index (χ2n) is 7.39. The zero-order valence-electron chi connectivity index (χ0n) is 19.0. The molecule has 4 rings (SSSR count). The highest BCUT2D eigenvalue weighted by Gasteiger charge is 2.18. The molecule has 4 N–H and O–H groups in total. The molecular weight excluding hydrogens is 460 g/mol. The monoisotopic (exact) mass is 484 g/mol. The van der Waals surface area contributed by atoms with Crippen LogP contribution in [0.2, 0.25) is 0 Å². The number of carboxylic acid groups (broad SMARTS) is 2. The summed E-state index contributed by atoms with van der Waals surface area (Å²) in [4.78, 5) is 43.4. The van der Waals surface area contributed by atoms with Gasteiger partial charge in [0.2, 0.25) is 12.7 Å². The van der Waals surface area contributed by atoms with Gasteiger partial charge in [0.15, 0.2) is 11.5 Å². The van der Waals surface area contributed by atoms with E-state index in [4.69, 9.17) is 29.3 Å². The Kier molecular flexibility index (Phi) is 7.89. The van der Waals surface area contributed by atoms with Crippen LogP contribution in [-0.2, 0) is 28.0 Å². The van der Waals surface area contributed by atoms with Crippen molar-refractivity contribution in [3.63, 3.8) is 0 Å². The summed E-state index contributed by atoms with van der Waals surface area (Å²) >= 11 is 0. The number of nitrogens with zero attached hydrogens (tertiary/aromatic N) is 2. The molecule has 0 radical (unpaired) electrons. The van der Waals surface area contributed by atoms with Gasteiger partial charge >= 0.3 is 11.9 Å². The number of para-hydroxylation sites is 1. The average Bonchev–Trinajstić information content (AvgIpc) is 3.38. The van der Waals surface area contributed by atoms with Crippen LogP contribution in [-0.4, -0.2) is 50.8 Å². The number of hydrogen-bond donors (Lipinski definition) is 4. The molecule has 0 unspecified atom stereocenters. The van der Waals surface area contributed by atoms with E-state index >= 15 is 0 Å². The highest BCUT2D eigenvalue weighted by Crippen LogP contribution is 2.32. The van der Waals surface area contributed by atoms with Crippen molar-refractivity contribution in [2.24, 2.45) is 7.05 Å². The number of fused-ring (bicyclic) bond motifs is 1. The zero-order valence-corrected chi connectivity index (χ0v) is 19.0. The van der Waals surface area contributed by atoms with Gasteiger partial charge in [-0.1, -0.05) is 24.3 Å². The third kappa shape index (κ3) is 6.06. The zero-order chi connectivity index (χ0) is 25.5. The van der Waals surface area contributed by atoms with E-state index in [-0.39, 0.29) is 30.5 Å². The molecule has 2 aromatic carbocycles. The first-order valence-corrected chi connectivity index (χ1v) is 10.4. The van der Waals surface area contributed by atoms with Crippen LogP contribution in [0.5, 0.6) is 11.5 Å². The van der Waals surface area contributed by atoms with Gasteiger partial charge in [0.1, 0.15) is 5.69 Å². The maximum Gasteiger partial charge on any atom is 0.414 e. The summed E-state index contributed by atoms with van der Waals surface area (Å²) in [6.07, 6.45) is 0. The fraction of sp³-hybridized carbons (Fsp3) is 0.217. The van der Waals surface area contributed by atoms with Crippen molar-refractivity contribution in [2.45, 2.75) is 13.5 Å². The first-order valence-electron chi connectivity index (χ1n) is 10.4. The van der Waals surface area contributed by atoms with E-state index in [0.717, 1.165) is 17.0 Å². The number of aliphatic carboxylic acids is 2. The van der Waals surface area contributed by atoms with E-state index in [1.54, 1.807) is 18.7 Å². The number of anilines is 1. The van der Waals surface area contributed by atoms with E-state index in [0.29, 0.717) is 18.0 Å². The molecule has 0 atom stereocenters. The van der Waals surface area contributed by atoms with Crippen molar-refractivity contribution < 1.29 is 34.1 Å². The minimum absolute atomic E-state index is 0.0769. The Morgan fingerprint density at radius 1 is 1.00 bits per heavy atom. The molecule has 0 saturated carbocycles. The van der Waals surface area contributed by atoms with Crippen LogP contribution in [0.4, 0.5) is 5.69 Å². The summed E-state index contributed by atoms with van der Waals surface area (Å²) in [5.74, 6) is -2.50. The van der Waals surface area contributed by atoms with Crippen LogP contribution >= 0.6 is 0 Å². The maximum atomic E-state index is 12.8. The predicted molar refractivity (Wildman–Crippen MR) is 124 cm³/mol. The van der Waals surface area contributed by atoms with Crippen molar-refractivity contribution in [3.8, 4) is 17.2 Å². The number of benzene rings is 2. The minimum atomic E-state index is -1.82. The molecule has 3 aromatic rings. The first-order chi connectivity index (χ1) is 16.7. The van der Waals surface area contributed by atoms with Gasteiger partial charge in [-0.3, -0.25) is 14.3 Å². The van der Waals surface area contributed by atoms with Gasteiger partial charge < -0.3 is 30.3 Å². The predicted octanol–water partition coefficient (Wildman–Crippen LogP) is 1.10. The number of carbonyl (C=O) groups is 3. The Bertz CT molecular complexity index is 1280. The molecule has 0 spiro atoms. The lowest BCUT2D eigenvalue weighted by Gasteiger charge is -2.07. The van der Waals surface area contributed by atoms with Gasteiger partial charge in [0, 0.05) is 13.6 Å². The summed E-state index contributed by atoms with van der Waals surface area (Å²) in [5, 5.41) is 20.6. The van der Waals surface area contributed by atoms with Gasteiger partial charge in [-0.25, -0.2) is 14.3 Å². The normalized spacial score (nSPS) is 11.4. The molecule has 0 fully saturated rings. The van der Waals surface area contributed by atoms with Gasteiger partial charge in [-0.2, -0.15) is 0 Å². The highest BCUT2D eigenvalue weighted by atomic mass is 16.7. The molecule has 0 aliphatic carbocycles. The van der Waals surface area contributed by atoms with Gasteiger partial charge in [0.05, 0.1) is 17.9 Å². The van der Waals surface area contributed by atoms with E-state index in [9.17, 15) is 9.59 Å².